The van der Waals surface area contributed by atoms with Crippen LogP contribution in [0.25, 0.3) is 0 Å². The quantitative estimate of drug-likeness (QED) is 0.207. The fourth-order valence-corrected chi connectivity index (χ4v) is 2.18. The summed E-state index contributed by atoms with van der Waals surface area (Å²) in [7, 11) is 0. The van der Waals surface area contributed by atoms with E-state index in [0.29, 0.717) is 66.1 Å². The molecule has 0 unspecified atom stereocenters. The van der Waals surface area contributed by atoms with E-state index in [4.69, 9.17) is 28.4 Å². The summed E-state index contributed by atoms with van der Waals surface area (Å²) in [6, 6.07) is 0. The number of unbranched alkanes of at least 4 members (excludes halogenated alkanes) is 4. The van der Waals surface area contributed by atoms with Crippen molar-refractivity contribution in [3.05, 3.63) is 0 Å². The molecule has 7 heteroatoms. The van der Waals surface area contributed by atoms with E-state index < -0.39 is 0 Å². The van der Waals surface area contributed by atoms with Crippen molar-refractivity contribution in [3.63, 3.8) is 0 Å². The van der Waals surface area contributed by atoms with Crippen LogP contribution in [0.5, 0.6) is 0 Å². The molecule has 0 atom stereocenters. The van der Waals surface area contributed by atoms with E-state index >= 15 is 0 Å². The Morgan fingerprint density at radius 2 is 1.00 bits per heavy atom. The third kappa shape index (κ3) is 23.2. The maximum atomic E-state index is 11.1. The van der Waals surface area contributed by atoms with E-state index in [2.05, 4.69) is 6.92 Å². The lowest BCUT2D eigenvalue weighted by Gasteiger charge is -2.08. The van der Waals surface area contributed by atoms with Crippen molar-refractivity contribution in [1.82, 2.24) is 0 Å². The Hall–Kier alpha value is -0.730. The number of carbonyl (C=O) groups is 1. The molecule has 0 aliphatic carbocycles. The summed E-state index contributed by atoms with van der Waals surface area (Å²) in [6.45, 7) is 9.96. The first-order valence-corrected chi connectivity index (χ1v) is 10.4. The highest BCUT2D eigenvalue weighted by molar-refractivity contribution is 5.69. The minimum atomic E-state index is -0.233. The van der Waals surface area contributed by atoms with Gasteiger partial charge < -0.3 is 28.4 Å². The zero-order valence-electron chi connectivity index (χ0n) is 17.4. The van der Waals surface area contributed by atoms with E-state index in [-0.39, 0.29) is 12.4 Å². The molecule has 0 rings (SSSR count). The van der Waals surface area contributed by atoms with Gasteiger partial charge in [-0.2, -0.15) is 0 Å². The highest BCUT2D eigenvalue weighted by Crippen LogP contribution is 2.02. The predicted octanol–water partition coefficient (Wildman–Crippen LogP) is 2.99. The van der Waals surface area contributed by atoms with Crippen molar-refractivity contribution in [2.45, 2.75) is 52.4 Å². The molecule has 0 aromatic rings. The van der Waals surface area contributed by atoms with Crippen molar-refractivity contribution in [1.29, 1.82) is 0 Å². The minimum Gasteiger partial charge on any atom is -0.466 e. The average Bonchev–Trinajstić information content (AvgIpc) is 2.66. The molecule has 0 aromatic heterocycles. The van der Waals surface area contributed by atoms with E-state index in [9.17, 15) is 4.79 Å². The topological polar surface area (TPSA) is 72.5 Å². The first-order chi connectivity index (χ1) is 13.3. The Morgan fingerprint density at radius 3 is 1.48 bits per heavy atom. The molecule has 0 saturated heterocycles. The van der Waals surface area contributed by atoms with Gasteiger partial charge in [-0.15, -0.1) is 0 Å². The molecule has 0 aliphatic heterocycles. The second-order valence-electron chi connectivity index (χ2n) is 6.03. The molecule has 0 spiro atoms. The van der Waals surface area contributed by atoms with E-state index in [0.717, 1.165) is 13.0 Å². The van der Waals surface area contributed by atoms with Gasteiger partial charge in [0.2, 0.25) is 0 Å². The zero-order chi connectivity index (χ0) is 19.8. The third-order valence-corrected chi connectivity index (χ3v) is 3.64. The molecule has 0 saturated carbocycles. The average molecular weight is 393 g/mol. The van der Waals surface area contributed by atoms with E-state index in [1.54, 1.807) is 6.92 Å². The fourth-order valence-electron chi connectivity index (χ4n) is 2.18. The molecule has 7 nitrogen and oxygen atoms in total. The number of hydrogen-bond acceptors (Lipinski definition) is 7. The smallest absolute Gasteiger partial charge is 0.308 e. The van der Waals surface area contributed by atoms with Crippen LogP contribution in [0.1, 0.15) is 52.4 Å². The lowest BCUT2D eigenvalue weighted by molar-refractivity contribution is -0.144. The van der Waals surface area contributed by atoms with Crippen LogP contribution >= 0.6 is 0 Å². The molecule has 162 valence electrons. The van der Waals surface area contributed by atoms with Crippen LogP contribution in [0, 0.1) is 0 Å². The Kier molecular flexibility index (Phi) is 22.7. The van der Waals surface area contributed by atoms with Gasteiger partial charge >= 0.3 is 5.97 Å². The largest absolute Gasteiger partial charge is 0.466 e. The monoisotopic (exact) mass is 392 g/mol. The van der Waals surface area contributed by atoms with Gasteiger partial charge in [-0.1, -0.05) is 32.6 Å². The second-order valence-corrected chi connectivity index (χ2v) is 6.03. The maximum Gasteiger partial charge on any atom is 0.308 e. The van der Waals surface area contributed by atoms with Gasteiger partial charge in [0.05, 0.1) is 72.5 Å². The highest BCUT2D eigenvalue weighted by atomic mass is 16.6. The first kappa shape index (κ1) is 26.3. The fraction of sp³-hybridized carbons (Fsp3) is 0.950. The Bertz CT molecular complexity index is 300. The molecule has 0 amide bonds. The van der Waals surface area contributed by atoms with Gasteiger partial charge in [-0.05, 0) is 13.3 Å². The van der Waals surface area contributed by atoms with Crippen LogP contribution in [0.4, 0.5) is 0 Å². The van der Waals surface area contributed by atoms with Gasteiger partial charge in [-0.25, -0.2) is 0 Å². The second kappa shape index (κ2) is 23.3. The SMILES string of the molecule is CCCCCCCOCCOCCOCCOCCOCCC(=O)OCC. The van der Waals surface area contributed by atoms with Crippen LogP contribution in [0.2, 0.25) is 0 Å². The summed E-state index contributed by atoms with van der Waals surface area (Å²) in [4.78, 5) is 11.1. The predicted molar refractivity (Wildman–Crippen MR) is 104 cm³/mol. The summed E-state index contributed by atoms with van der Waals surface area (Å²) in [6.07, 6.45) is 6.57. The van der Waals surface area contributed by atoms with Crippen molar-refractivity contribution < 1.29 is 33.2 Å². The molecule has 0 heterocycles. The van der Waals surface area contributed by atoms with Crippen molar-refractivity contribution in [2.75, 3.05) is 72.7 Å². The lowest BCUT2D eigenvalue weighted by atomic mass is 10.2. The Balaban J connectivity index is 3.02. The van der Waals surface area contributed by atoms with Crippen LogP contribution < -0.4 is 0 Å². The summed E-state index contributed by atoms with van der Waals surface area (Å²) in [5.74, 6) is -0.233. The normalized spacial score (nSPS) is 11.0. The van der Waals surface area contributed by atoms with Gasteiger partial charge in [-0.3, -0.25) is 4.79 Å². The summed E-state index contributed by atoms with van der Waals surface area (Å²) in [5.41, 5.74) is 0. The van der Waals surface area contributed by atoms with Crippen LogP contribution in [-0.4, -0.2) is 78.6 Å². The van der Waals surface area contributed by atoms with Gasteiger partial charge in [0.1, 0.15) is 0 Å². The van der Waals surface area contributed by atoms with E-state index in [1.165, 1.54) is 25.7 Å². The molecular formula is C20H40O7. The number of carbonyl (C=O) groups excluding carboxylic acids is 1. The number of rotatable bonds is 22. The third-order valence-electron chi connectivity index (χ3n) is 3.64. The van der Waals surface area contributed by atoms with E-state index in [1.807, 2.05) is 0 Å². The number of esters is 1. The summed E-state index contributed by atoms with van der Waals surface area (Å²) in [5, 5.41) is 0. The Morgan fingerprint density at radius 1 is 0.556 bits per heavy atom. The first-order valence-electron chi connectivity index (χ1n) is 10.4. The standard InChI is InChI=1S/C20H40O7/c1-3-5-6-7-8-10-22-12-14-24-16-18-26-19-17-25-15-13-23-11-9-20(21)27-4-2/h3-19H2,1-2H3. The molecule has 0 bridgehead atoms. The Labute approximate surface area is 165 Å². The lowest BCUT2D eigenvalue weighted by Crippen LogP contribution is -2.14. The van der Waals surface area contributed by atoms with Crippen LogP contribution in [0.15, 0.2) is 0 Å². The van der Waals surface area contributed by atoms with Crippen molar-refractivity contribution >= 4 is 5.97 Å². The summed E-state index contributed by atoms with van der Waals surface area (Å²) < 4.78 is 31.8. The van der Waals surface area contributed by atoms with Crippen molar-refractivity contribution in [2.24, 2.45) is 0 Å². The number of ether oxygens (including phenoxy) is 6. The zero-order valence-corrected chi connectivity index (χ0v) is 17.4. The highest BCUT2D eigenvalue weighted by Gasteiger charge is 2.00. The van der Waals surface area contributed by atoms with Crippen molar-refractivity contribution in [3.8, 4) is 0 Å². The van der Waals surface area contributed by atoms with Crippen LogP contribution in [0.3, 0.4) is 0 Å². The molecule has 0 radical (unpaired) electrons. The maximum absolute atomic E-state index is 11.1. The molecule has 0 N–H and O–H groups in total. The van der Waals surface area contributed by atoms with Gasteiger partial charge in [0, 0.05) is 6.61 Å². The van der Waals surface area contributed by atoms with Crippen LogP contribution in [-0.2, 0) is 33.2 Å². The summed E-state index contributed by atoms with van der Waals surface area (Å²) >= 11 is 0. The molecule has 0 aliphatic rings. The molecule has 27 heavy (non-hydrogen) atoms. The molecule has 0 fully saturated rings. The minimum absolute atomic E-state index is 0.233. The van der Waals surface area contributed by atoms with Gasteiger partial charge in [0.25, 0.3) is 0 Å². The molecule has 0 aromatic carbocycles. The molecular weight excluding hydrogens is 352 g/mol. The van der Waals surface area contributed by atoms with Gasteiger partial charge in [0.15, 0.2) is 0 Å². The number of hydrogen-bond donors (Lipinski definition) is 0.